The quantitative estimate of drug-likeness (QED) is 0.799. The molecule has 0 spiro atoms. The van der Waals surface area contributed by atoms with Crippen LogP contribution in [0.3, 0.4) is 0 Å². The summed E-state index contributed by atoms with van der Waals surface area (Å²) < 4.78 is 4.63. The van der Waals surface area contributed by atoms with E-state index in [1.165, 1.54) is 24.9 Å². The number of pyridine rings is 1. The molecule has 1 N–H and O–H groups in total. The van der Waals surface area contributed by atoms with Gasteiger partial charge in [0.25, 0.3) is 5.91 Å². The number of esters is 1. The van der Waals surface area contributed by atoms with Crippen molar-refractivity contribution in [2.45, 2.75) is 25.4 Å². The number of piperidine rings is 1. The molecule has 2 aromatic rings. The molecule has 2 heterocycles. The standard InChI is InChI=1S/C20H22ClN3O3/c1-27-20(26)15-4-7-18(22-12-15)19(25)23-17-8-10-24(11-9-17)13-14-2-5-16(21)6-3-14/h2-7,12,17H,8-11,13H2,1H3,(H,23,25). The number of ether oxygens (including phenoxy) is 1. The van der Waals surface area contributed by atoms with E-state index in [-0.39, 0.29) is 11.9 Å². The zero-order valence-electron chi connectivity index (χ0n) is 15.2. The second kappa shape index (κ2) is 8.97. The van der Waals surface area contributed by atoms with Gasteiger partial charge in [-0.05, 0) is 42.7 Å². The minimum Gasteiger partial charge on any atom is -0.465 e. The van der Waals surface area contributed by atoms with E-state index < -0.39 is 5.97 Å². The highest BCUT2D eigenvalue weighted by molar-refractivity contribution is 6.30. The normalized spacial score (nSPS) is 15.3. The molecule has 1 fully saturated rings. The van der Waals surface area contributed by atoms with Crippen molar-refractivity contribution in [2.24, 2.45) is 0 Å². The topological polar surface area (TPSA) is 71.5 Å². The minimum absolute atomic E-state index is 0.126. The van der Waals surface area contributed by atoms with Crippen molar-refractivity contribution in [3.05, 3.63) is 64.4 Å². The minimum atomic E-state index is -0.470. The van der Waals surface area contributed by atoms with Crippen LogP contribution in [0.2, 0.25) is 5.02 Å². The molecule has 1 amide bonds. The first-order chi connectivity index (χ1) is 13.0. The van der Waals surface area contributed by atoms with Crippen LogP contribution in [0.1, 0.15) is 39.3 Å². The van der Waals surface area contributed by atoms with Gasteiger partial charge in [-0.2, -0.15) is 0 Å². The van der Waals surface area contributed by atoms with Gasteiger partial charge in [0.1, 0.15) is 5.69 Å². The summed E-state index contributed by atoms with van der Waals surface area (Å²) in [5, 5.41) is 3.77. The summed E-state index contributed by atoms with van der Waals surface area (Å²) >= 11 is 5.92. The number of carbonyl (C=O) groups excluding carboxylic acids is 2. The molecular weight excluding hydrogens is 366 g/mol. The number of carbonyl (C=O) groups is 2. The molecule has 142 valence electrons. The Balaban J connectivity index is 1.47. The van der Waals surface area contributed by atoms with Crippen LogP contribution >= 0.6 is 11.6 Å². The maximum absolute atomic E-state index is 12.4. The number of amides is 1. The predicted molar refractivity (Wildman–Crippen MR) is 103 cm³/mol. The van der Waals surface area contributed by atoms with E-state index in [1.807, 2.05) is 24.3 Å². The van der Waals surface area contributed by atoms with Gasteiger partial charge in [-0.1, -0.05) is 23.7 Å². The highest BCUT2D eigenvalue weighted by Gasteiger charge is 2.21. The van der Waals surface area contributed by atoms with Crippen molar-refractivity contribution in [1.82, 2.24) is 15.2 Å². The molecule has 6 nitrogen and oxygen atoms in total. The zero-order valence-corrected chi connectivity index (χ0v) is 15.9. The van der Waals surface area contributed by atoms with Crippen molar-refractivity contribution in [2.75, 3.05) is 20.2 Å². The number of benzene rings is 1. The smallest absolute Gasteiger partial charge is 0.339 e. The van der Waals surface area contributed by atoms with Crippen molar-refractivity contribution in [1.29, 1.82) is 0 Å². The van der Waals surface area contributed by atoms with Crippen LogP contribution in [0.15, 0.2) is 42.6 Å². The first-order valence-corrected chi connectivity index (χ1v) is 9.25. The Labute approximate surface area is 163 Å². The van der Waals surface area contributed by atoms with Crippen molar-refractivity contribution < 1.29 is 14.3 Å². The maximum atomic E-state index is 12.4. The third-order valence-corrected chi connectivity index (χ3v) is 4.91. The van der Waals surface area contributed by atoms with Gasteiger partial charge in [-0.25, -0.2) is 4.79 Å². The molecule has 0 bridgehead atoms. The van der Waals surface area contributed by atoms with E-state index in [4.69, 9.17) is 11.6 Å². The summed E-state index contributed by atoms with van der Waals surface area (Å²) in [6.45, 7) is 2.72. The fourth-order valence-electron chi connectivity index (χ4n) is 3.11. The third-order valence-electron chi connectivity index (χ3n) is 4.66. The monoisotopic (exact) mass is 387 g/mol. The van der Waals surface area contributed by atoms with E-state index >= 15 is 0 Å². The van der Waals surface area contributed by atoms with Crippen LogP contribution in [0, 0.1) is 0 Å². The van der Waals surface area contributed by atoms with Crippen LogP contribution in [0.4, 0.5) is 0 Å². The second-order valence-corrected chi connectivity index (χ2v) is 7.01. The van der Waals surface area contributed by atoms with E-state index in [2.05, 4.69) is 19.9 Å². The molecule has 0 unspecified atom stereocenters. The Morgan fingerprint density at radius 3 is 2.48 bits per heavy atom. The van der Waals surface area contributed by atoms with Gasteiger partial charge in [0.2, 0.25) is 0 Å². The highest BCUT2D eigenvalue weighted by Crippen LogP contribution is 2.16. The maximum Gasteiger partial charge on any atom is 0.339 e. The van der Waals surface area contributed by atoms with Crippen LogP contribution in [0.5, 0.6) is 0 Å². The summed E-state index contributed by atoms with van der Waals surface area (Å²) in [5.74, 6) is -0.690. The first kappa shape index (κ1) is 19.3. The summed E-state index contributed by atoms with van der Waals surface area (Å²) in [6, 6.07) is 11.1. The molecule has 0 radical (unpaired) electrons. The van der Waals surface area contributed by atoms with Crippen molar-refractivity contribution >= 4 is 23.5 Å². The van der Waals surface area contributed by atoms with Gasteiger partial charge in [-0.15, -0.1) is 0 Å². The molecule has 27 heavy (non-hydrogen) atoms. The Morgan fingerprint density at radius 2 is 1.89 bits per heavy atom. The van der Waals surface area contributed by atoms with Crippen LogP contribution in [-0.2, 0) is 11.3 Å². The van der Waals surface area contributed by atoms with E-state index in [0.29, 0.717) is 11.3 Å². The Hall–Kier alpha value is -2.44. The number of rotatable bonds is 5. The molecule has 0 saturated carbocycles. The van der Waals surface area contributed by atoms with Gasteiger partial charge in [0.05, 0.1) is 12.7 Å². The predicted octanol–water partition coefficient (Wildman–Crippen LogP) is 2.92. The Bertz CT molecular complexity index is 785. The molecule has 7 heteroatoms. The van der Waals surface area contributed by atoms with Gasteiger partial charge >= 0.3 is 5.97 Å². The molecule has 1 aromatic heterocycles. The first-order valence-electron chi connectivity index (χ1n) is 8.87. The molecule has 0 atom stereocenters. The second-order valence-electron chi connectivity index (χ2n) is 6.57. The van der Waals surface area contributed by atoms with Gasteiger partial charge in [0, 0.05) is 36.9 Å². The molecule has 1 aromatic carbocycles. The lowest BCUT2D eigenvalue weighted by atomic mass is 10.0. The van der Waals surface area contributed by atoms with Crippen LogP contribution < -0.4 is 5.32 Å². The van der Waals surface area contributed by atoms with Gasteiger partial charge in [0.15, 0.2) is 0 Å². The number of hydrogen-bond acceptors (Lipinski definition) is 5. The van der Waals surface area contributed by atoms with E-state index in [0.717, 1.165) is 37.5 Å². The zero-order chi connectivity index (χ0) is 19.2. The van der Waals surface area contributed by atoms with Gasteiger partial charge < -0.3 is 10.1 Å². The summed E-state index contributed by atoms with van der Waals surface area (Å²) in [4.78, 5) is 30.2. The largest absolute Gasteiger partial charge is 0.465 e. The molecular formula is C20H22ClN3O3. The summed E-state index contributed by atoms with van der Waals surface area (Å²) in [6.07, 6.45) is 3.13. The van der Waals surface area contributed by atoms with Crippen LogP contribution in [-0.4, -0.2) is 48.0 Å². The number of nitrogens with one attached hydrogen (secondary N) is 1. The average molecular weight is 388 g/mol. The number of halogens is 1. The van der Waals surface area contributed by atoms with E-state index in [1.54, 1.807) is 6.07 Å². The fraction of sp³-hybridized carbons (Fsp3) is 0.350. The Kier molecular flexibility index (Phi) is 6.42. The van der Waals surface area contributed by atoms with Crippen molar-refractivity contribution in [3.8, 4) is 0 Å². The average Bonchev–Trinajstić information content (AvgIpc) is 2.70. The number of aromatic nitrogens is 1. The Morgan fingerprint density at radius 1 is 1.19 bits per heavy atom. The summed E-state index contributed by atoms with van der Waals surface area (Å²) in [7, 11) is 1.31. The lowest BCUT2D eigenvalue weighted by Crippen LogP contribution is -2.44. The molecule has 0 aliphatic carbocycles. The van der Waals surface area contributed by atoms with E-state index in [9.17, 15) is 9.59 Å². The lowest BCUT2D eigenvalue weighted by Gasteiger charge is -2.32. The van der Waals surface area contributed by atoms with Gasteiger partial charge in [-0.3, -0.25) is 14.7 Å². The molecule has 1 aliphatic rings. The molecule has 3 rings (SSSR count). The number of hydrogen-bond donors (Lipinski definition) is 1. The fourth-order valence-corrected chi connectivity index (χ4v) is 3.24. The molecule has 1 saturated heterocycles. The SMILES string of the molecule is COC(=O)c1ccc(C(=O)NC2CCN(Cc3ccc(Cl)cc3)CC2)nc1. The van der Waals surface area contributed by atoms with Crippen molar-refractivity contribution in [3.63, 3.8) is 0 Å². The summed E-state index contributed by atoms with van der Waals surface area (Å²) in [5.41, 5.74) is 1.85. The number of methoxy groups -OCH3 is 1. The van der Waals surface area contributed by atoms with Crippen LogP contribution in [0.25, 0.3) is 0 Å². The highest BCUT2D eigenvalue weighted by atomic mass is 35.5. The number of likely N-dealkylation sites (tertiary alicyclic amines) is 1. The lowest BCUT2D eigenvalue weighted by molar-refractivity contribution is 0.0599. The molecule has 1 aliphatic heterocycles. The number of nitrogens with zero attached hydrogens (tertiary/aromatic N) is 2. The third kappa shape index (κ3) is 5.28.